The van der Waals surface area contributed by atoms with Crippen LogP contribution in [-0.2, 0) is 0 Å². The standard InChI is InChI=1S/C20H24N2O3/c1-15-4-9-19(25-3)18(14-15)20(23)22-12-10-21(11-13-22)16-5-7-17(24-2)8-6-16/h4-9,14H,10-13H2,1-3H3. The van der Waals surface area contributed by atoms with Crippen molar-refractivity contribution in [3.8, 4) is 11.5 Å². The topological polar surface area (TPSA) is 42.0 Å². The van der Waals surface area contributed by atoms with Gasteiger partial charge in [0.1, 0.15) is 11.5 Å². The first kappa shape index (κ1) is 17.1. The maximum atomic E-state index is 12.9. The molecule has 3 rings (SSSR count). The Hall–Kier alpha value is -2.69. The summed E-state index contributed by atoms with van der Waals surface area (Å²) in [4.78, 5) is 17.1. The molecule has 1 heterocycles. The molecule has 25 heavy (non-hydrogen) atoms. The van der Waals surface area contributed by atoms with E-state index in [0.717, 1.165) is 30.1 Å². The Morgan fingerprint density at radius 3 is 2.20 bits per heavy atom. The molecule has 2 aromatic carbocycles. The number of ether oxygens (including phenoxy) is 2. The Balaban J connectivity index is 1.67. The van der Waals surface area contributed by atoms with E-state index < -0.39 is 0 Å². The third kappa shape index (κ3) is 3.71. The summed E-state index contributed by atoms with van der Waals surface area (Å²) in [5.74, 6) is 1.52. The van der Waals surface area contributed by atoms with Crippen LogP contribution in [0.25, 0.3) is 0 Å². The maximum Gasteiger partial charge on any atom is 0.257 e. The van der Waals surface area contributed by atoms with Gasteiger partial charge in [0.2, 0.25) is 0 Å². The van der Waals surface area contributed by atoms with Crippen molar-refractivity contribution >= 4 is 11.6 Å². The van der Waals surface area contributed by atoms with Gasteiger partial charge in [0.25, 0.3) is 5.91 Å². The monoisotopic (exact) mass is 340 g/mol. The number of amides is 1. The molecule has 0 aromatic heterocycles. The summed E-state index contributed by atoms with van der Waals surface area (Å²) in [7, 11) is 3.27. The van der Waals surface area contributed by atoms with Gasteiger partial charge in [-0.15, -0.1) is 0 Å². The van der Waals surface area contributed by atoms with E-state index in [1.807, 2.05) is 42.2 Å². The lowest BCUT2D eigenvalue weighted by molar-refractivity contribution is 0.0743. The minimum absolute atomic E-state index is 0.0370. The van der Waals surface area contributed by atoms with Gasteiger partial charge in [-0.3, -0.25) is 4.79 Å². The smallest absolute Gasteiger partial charge is 0.257 e. The van der Waals surface area contributed by atoms with Gasteiger partial charge in [0.15, 0.2) is 0 Å². The van der Waals surface area contributed by atoms with E-state index in [1.54, 1.807) is 14.2 Å². The highest BCUT2D eigenvalue weighted by atomic mass is 16.5. The van der Waals surface area contributed by atoms with Crippen LogP contribution in [-0.4, -0.2) is 51.2 Å². The molecule has 0 unspecified atom stereocenters. The summed E-state index contributed by atoms with van der Waals surface area (Å²) in [6.07, 6.45) is 0. The number of benzene rings is 2. The number of carbonyl (C=O) groups is 1. The normalized spacial score (nSPS) is 14.4. The van der Waals surface area contributed by atoms with E-state index in [4.69, 9.17) is 9.47 Å². The second-order valence-corrected chi connectivity index (χ2v) is 6.18. The molecule has 0 spiro atoms. The van der Waals surface area contributed by atoms with Crippen molar-refractivity contribution in [3.63, 3.8) is 0 Å². The van der Waals surface area contributed by atoms with E-state index in [0.29, 0.717) is 24.4 Å². The highest BCUT2D eigenvalue weighted by Gasteiger charge is 2.24. The molecule has 1 aliphatic heterocycles. The SMILES string of the molecule is COc1ccc(N2CCN(C(=O)c3cc(C)ccc3OC)CC2)cc1. The zero-order valence-electron chi connectivity index (χ0n) is 15.0. The third-order valence-electron chi connectivity index (χ3n) is 4.59. The summed E-state index contributed by atoms with van der Waals surface area (Å²) in [6, 6.07) is 13.7. The molecule has 1 amide bonds. The Kier molecular flexibility index (Phi) is 5.12. The van der Waals surface area contributed by atoms with E-state index >= 15 is 0 Å². The molecule has 0 N–H and O–H groups in total. The third-order valence-corrected chi connectivity index (χ3v) is 4.59. The van der Waals surface area contributed by atoms with Crippen LogP contribution in [0.3, 0.4) is 0 Å². The van der Waals surface area contributed by atoms with Crippen molar-refractivity contribution in [2.75, 3.05) is 45.3 Å². The fourth-order valence-electron chi connectivity index (χ4n) is 3.12. The number of hydrogen-bond donors (Lipinski definition) is 0. The molecule has 5 heteroatoms. The molecular formula is C20H24N2O3. The first-order valence-electron chi connectivity index (χ1n) is 8.45. The Labute approximate surface area is 148 Å². The second kappa shape index (κ2) is 7.47. The van der Waals surface area contributed by atoms with Gasteiger partial charge in [0.05, 0.1) is 19.8 Å². The molecule has 2 aromatic rings. The first-order chi connectivity index (χ1) is 12.1. The molecule has 5 nitrogen and oxygen atoms in total. The summed E-state index contributed by atoms with van der Waals surface area (Å²) in [5.41, 5.74) is 2.85. The predicted molar refractivity (Wildman–Crippen MR) is 98.8 cm³/mol. The van der Waals surface area contributed by atoms with Crippen LogP contribution in [0.5, 0.6) is 11.5 Å². The first-order valence-corrected chi connectivity index (χ1v) is 8.45. The molecule has 0 aliphatic carbocycles. The molecule has 0 bridgehead atoms. The zero-order valence-corrected chi connectivity index (χ0v) is 15.0. The van der Waals surface area contributed by atoms with Crippen molar-refractivity contribution < 1.29 is 14.3 Å². The Bertz CT molecular complexity index is 735. The number of anilines is 1. The van der Waals surface area contributed by atoms with Crippen LogP contribution >= 0.6 is 0 Å². The lowest BCUT2D eigenvalue weighted by atomic mass is 10.1. The minimum Gasteiger partial charge on any atom is -0.497 e. The van der Waals surface area contributed by atoms with E-state index in [1.165, 1.54) is 0 Å². The lowest BCUT2D eigenvalue weighted by Crippen LogP contribution is -2.48. The van der Waals surface area contributed by atoms with Crippen LogP contribution in [0.4, 0.5) is 5.69 Å². The zero-order chi connectivity index (χ0) is 17.8. The van der Waals surface area contributed by atoms with Gasteiger partial charge in [-0.2, -0.15) is 0 Å². The van der Waals surface area contributed by atoms with Crippen molar-refractivity contribution in [2.24, 2.45) is 0 Å². The van der Waals surface area contributed by atoms with Crippen LogP contribution in [0, 0.1) is 6.92 Å². The van der Waals surface area contributed by atoms with Crippen molar-refractivity contribution in [1.82, 2.24) is 4.90 Å². The van der Waals surface area contributed by atoms with Crippen LogP contribution in [0.1, 0.15) is 15.9 Å². The van der Waals surface area contributed by atoms with E-state index in [9.17, 15) is 4.79 Å². The van der Waals surface area contributed by atoms with Crippen molar-refractivity contribution in [3.05, 3.63) is 53.6 Å². The minimum atomic E-state index is 0.0370. The number of nitrogens with zero attached hydrogens (tertiary/aromatic N) is 2. The number of piperazine rings is 1. The van der Waals surface area contributed by atoms with Gasteiger partial charge in [-0.05, 0) is 43.3 Å². The largest absolute Gasteiger partial charge is 0.497 e. The summed E-state index contributed by atoms with van der Waals surface area (Å²) < 4.78 is 10.6. The van der Waals surface area contributed by atoms with E-state index in [-0.39, 0.29) is 5.91 Å². The molecule has 0 atom stereocenters. The molecule has 132 valence electrons. The Morgan fingerprint density at radius 1 is 0.920 bits per heavy atom. The number of methoxy groups -OCH3 is 2. The number of hydrogen-bond acceptors (Lipinski definition) is 4. The van der Waals surface area contributed by atoms with Gasteiger partial charge < -0.3 is 19.3 Å². The average Bonchev–Trinajstić information content (AvgIpc) is 2.67. The van der Waals surface area contributed by atoms with Crippen molar-refractivity contribution in [1.29, 1.82) is 0 Å². The lowest BCUT2D eigenvalue weighted by Gasteiger charge is -2.36. The molecular weight excluding hydrogens is 316 g/mol. The predicted octanol–water partition coefficient (Wildman–Crippen LogP) is 2.97. The number of rotatable bonds is 4. The second-order valence-electron chi connectivity index (χ2n) is 6.18. The van der Waals surface area contributed by atoms with Gasteiger partial charge in [0, 0.05) is 31.9 Å². The van der Waals surface area contributed by atoms with E-state index in [2.05, 4.69) is 17.0 Å². The highest BCUT2D eigenvalue weighted by Crippen LogP contribution is 2.24. The number of carbonyl (C=O) groups excluding carboxylic acids is 1. The molecule has 0 saturated carbocycles. The van der Waals surface area contributed by atoms with Gasteiger partial charge in [-0.25, -0.2) is 0 Å². The summed E-state index contributed by atoms with van der Waals surface area (Å²) >= 11 is 0. The summed E-state index contributed by atoms with van der Waals surface area (Å²) in [6.45, 7) is 5.00. The van der Waals surface area contributed by atoms with Gasteiger partial charge >= 0.3 is 0 Å². The van der Waals surface area contributed by atoms with Crippen LogP contribution < -0.4 is 14.4 Å². The fourth-order valence-corrected chi connectivity index (χ4v) is 3.12. The average molecular weight is 340 g/mol. The fraction of sp³-hybridized carbons (Fsp3) is 0.350. The maximum absolute atomic E-state index is 12.9. The quantitative estimate of drug-likeness (QED) is 0.858. The molecule has 1 saturated heterocycles. The summed E-state index contributed by atoms with van der Waals surface area (Å²) in [5, 5.41) is 0. The molecule has 0 radical (unpaired) electrons. The van der Waals surface area contributed by atoms with Gasteiger partial charge in [-0.1, -0.05) is 11.6 Å². The molecule has 1 fully saturated rings. The van der Waals surface area contributed by atoms with Crippen LogP contribution in [0.15, 0.2) is 42.5 Å². The number of aryl methyl sites for hydroxylation is 1. The van der Waals surface area contributed by atoms with Crippen molar-refractivity contribution in [2.45, 2.75) is 6.92 Å². The highest BCUT2D eigenvalue weighted by molar-refractivity contribution is 5.97. The van der Waals surface area contributed by atoms with Crippen LogP contribution in [0.2, 0.25) is 0 Å². The Morgan fingerprint density at radius 2 is 1.60 bits per heavy atom. The molecule has 1 aliphatic rings.